The van der Waals surface area contributed by atoms with Crippen molar-refractivity contribution >= 4 is 10.9 Å². The van der Waals surface area contributed by atoms with Crippen molar-refractivity contribution in [1.82, 2.24) is 19.9 Å². The van der Waals surface area contributed by atoms with Crippen LogP contribution in [0.3, 0.4) is 0 Å². The lowest BCUT2D eigenvalue weighted by Crippen LogP contribution is -2.31. The Morgan fingerprint density at radius 2 is 2.20 bits per heavy atom. The minimum absolute atomic E-state index is 0.840. The van der Waals surface area contributed by atoms with Crippen molar-refractivity contribution < 1.29 is 0 Å². The average molecular weight is 332 g/mol. The lowest BCUT2D eigenvalue weighted by Gasteiger charge is -2.27. The molecular weight excluding hydrogens is 308 g/mol. The maximum atomic E-state index is 4.89. The van der Waals surface area contributed by atoms with Crippen LogP contribution in [0, 0.1) is 12.8 Å². The molecule has 4 nitrogen and oxygen atoms in total. The molecule has 1 aliphatic carbocycles. The number of fused-ring (bicyclic) bond motifs is 2. The van der Waals surface area contributed by atoms with Crippen molar-refractivity contribution in [2.45, 2.75) is 45.7 Å². The number of hydrogen-bond acceptors (Lipinski definition) is 3. The first-order valence-electron chi connectivity index (χ1n) is 9.37. The van der Waals surface area contributed by atoms with Crippen LogP contribution < -0.4 is 0 Å². The van der Waals surface area contributed by atoms with E-state index in [-0.39, 0.29) is 0 Å². The number of rotatable bonds is 4. The fourth-order valence-electron chi connectivity index (χ4n) is 3.88. The summed E-state index contributed by atoms with van der Waals surface area (Å²) in [6.45, 7) is 5.15. The smallest absolute Gasteiger partial charge is 0.128 e. The second-order valence-corrected chi connectivity index (χ2v) is 7.73. The predicted molar refractivity (Wildman–Crippen MR) is 99.3 cm³/mol. The van der Waals surface area contributed by atoms with Gasteiger partial charge in [-0.2, -0.15) is 0 Å². The van der Waals surface area contributed by atoms with Gasteiger partial charge >= 0.3 is 0 Å². The van der Waals surface area contributed by atoms with Crippen LogP contribution in [-0.2, 0) is 25.9 Å². The van der Waals surface area contributed by atoms with Crippen LogP contribution in [0.1, 0.15) is 41.1 Å². The summed E-state index contributed by atoms with van der Waals surface area (Å²) in [5.74, 6) is 1.89. The average Bonchev–Trinajstić information content (AvgIpc) is 3.35. The summed E-state index contributed by atoms with van der Waals surface area (Å²) in [6, 6.07) is 6.63. The maximum absolute atomic E-state index is 4.89. The molecule has 2 aromatic heterocycles. The van der Waals surface area contributed by atoms with Crippen LogP contribution in [-0.4, -0.2) is 26.4 Å². The Morgan fingerprint density at radius 3 is 3.08 bits per heavy atom. The van der Waals surface area contributed by atoms with Gasteiger partial charge in [-0.15, -0.1) is 0 Å². The third-order valence-corrected chi connectivity index (χ3v) is 5.56. The van der Waals surface area contributed by atoms with E-state index in [9.17, 15) is 0 Å². The zero-order valence-corrected chi connectivity index (χ0v) is 14.8. The minimum atomic E-state index is 0.840. The summed E-state index contributed by atoms with van der Waals surface area (Å²) in [7, 11) is 0. The lowest BCUT2D eigenvalue weighted by molar-refractivity contribution is 0.241. The number of aromatic amines is 1. The van der Waals surface area contributed by atoms with Gasteiger partial charge in [0.1, 0.15) is 5.82 Å². The summed E-state index contributed by atoms with van der Waals surface area (Å²) in [5, 5.41) is 1.35. The number of hydrogen-bond donors (Lipinski definition) is 1. The fraction of sp³-hybridized carbons (Fsp3) is 0.429. The second kappa shape index (κ2) is 5.95. The second-order valence-electron chi connectivity index (χ2n) is 7.73. The molecule has 128 valence electrons. The van der Waals surface area contributed by atoms with Gasteiger partial charge in [0.25, 0.3) is 0 Å². The zero-order chi connectivity index (χ0) is 16.8. The molecule has 2 aliphatic rings. The van der Waals surface area contributed by atoms with Gasteiger partial charge in [0.2, 0.25) is 0 Å². The topological polar surface area (TPSA) is 44.8 Å². The Bertz CT molecular complexity index is 923. The normalized spacial score (nSPS) is 17.8. The monoisotopic (exact) mass is 332 g/mol. The first-order chi connectivity index (χ1) is 12.2. The third kappa shape index (κ3) is 3.07. The Hall–Kier alpha value is -2.20. The SMILES string of the molecule is Cc1ccc2[nH]cc(CN3CCc4cnc(CC5CC5)nc4C3)c2c1. The van der Waals surface area contributed by atoms with Gasteiger partial charge in [0.15, 0.2) is 0 Å². The number of aromatic nitrogens is 3. The molecule has 1 aliphatic heterocycles. The molecule has 0 spiro atoms. The molecule has 0 radical (unpaired) electrons. The van der Waals surface area contributed by atoms with Crippen LogP contribution >= 0.6 is 0 Å². The molecule has 1 N–H and O–H groups in total. The van der Waals surface area contributed by atoms with E-state index in [1.54, 1.807) is 0 Å². The van der Waals surface area contributed by atoms with Gasteiger partial charge in [0.05, 0.1) is 5.69 Å². The molecule has 4 heteroatoms. The van der Waals surface area contributed by atoms with Crippen molar-refractivity contribution in [1.29, 1.82) is 0 Å². The number of nitrogens with one attached hydrogen (secondary N) is 1. The summed E-state index contributed by atoms with van der Waals surface area (Å²) in [4.78, 5) is 15.4. The first-order valence-corrected chi connectivity index (χ1v) is 9.37. The number of aryl methyl sites for hydroxylation is 1. The van der Waals surface area contributed by atoms with E-state index in [0.29, 0.717) is 0 Å². The van der Waals surface area contributed by atoms with Crippen LogP contribution in [0.25, 0.3) is 10.9 Å². The lowest BCUT2D eigenvalue weighted by atomic mass is 10.0. The van der Waals surface area contributed by atoms with Crippen LogP contribution in [0.15, 0.2) is 30.6 Å². The van der Waals surface area contributed by atoms with E-state index in [0.717, 1.165) is 44.2 Å². The Kier molecular flexibility index (Phi) is 3.59. The molecule has 3 heterocycles. The quantitative estimate of drug-likeness (QED) is 0.791. The number of H-pyrrole nitrogens is 1. The molecule has 1 saturated carbocycles. The van der Waals surface area contributed by atoms with E-state index >= 15 is 0 Å². The fourth-order valence-corrected chi connectivity index (χ4v) is 3.88. The Morgan fingerprint density at radius 1 is 1.28 bits per heavy atom. The standard InChI is InChI=1S/C21H24N4/c1-14-2-5-19-18(8-14)17(11-22-19)12-25-7-6-16-10-23-21(9-15-3-4-15)24-20(16)13-25/h2,5,8,10-11,15,22H,3-4,6-7,9,12-13H2,1H3. The Balaban J connectivity index is 1.36. The van der Waals surface area contributed by atoms with Gasteiger partial charge in [0, 0.05) is 49.4 Å². The summed E-state index contributed by atoms with van der Waals surface area (Å²) < 4.78 is 0. The van der Waals surface area contributed by atoms with Crippen molar-refractivity contribution in [2.24, 2.45) is 5.92 Å². The zero-order valence-electron chi connectivity index (χ0n) is 14.8. The largest absolute Gasteiger partial charge is 0.361 e. The molecule has 0 atom stereocenters. The molecule has 0 unspecified atom stereocenters. The minimum Gasteiger partial charge on any atom is -0.361 e. The maximum Gasteiger partial charge on any atom is 0.128 e. The molecule has 1 fully saturated rings. The van der Waals surface area contributed by atoms with E-state index < -0.39 is 0 Å². The van der Waals surface area contributed by atoms with Gasteiger partial charge in [-0.05, 0) is 55.4 Å². The summed E-state index contributed by atoms with van der Waals surface area (Å²) in [6.07, 6.45) is 9.07. The van der Waals surface area contributed by atoms with Crippen molar-refractivity contribution in [3.8, 4) is 0 Å². The van der Waals surface area contributed by atoms with Crippen molar-refractivity contribution in [3.05, 3.63) is 58.8 Å². The van der Waals surface area contributed by atoms with Gasteiger partial charge in [-0.1, -0.05) is 11.6 Å². The van der Waals surface area contributed by atoms with Crippen LogP contribution in [0.2, 0.25) is 0 Å². The molecule has 0 saturated heterocycles. The van der Waals surface area contributed by atoms with Gasteiger partial charge in [-0.3, -0.25) is 4.90 Å². The molecular formula is C21H24N4. The summed E-state index contributed by atoms with van der Waals surface area (Å²) in [5.41, 5.74) is 6.51. The highest BCUT2D eigenvalue weighted by Gasteiger charge is 2.24. The van der Waals surface area contributed by atoms with Crippen molar-refractivity contribution in [2.75, 3.05) is 6.54 Å². The molecule has 0 amide bonds. The Labute approximate surface area is 148 Å². The number of benzene rings is 1. The van der Waals surface area contributed by atoms with Crippen LogP contribution in [0.4, 0.5) is 0 Å². The van der Waals surface area contributed by atoms with E-state index in [1.165, 1.54) is 46.1 Å². The highest BCUT2D eigenvalue weighted by Crippen LogP contribution is 2.32. The van der Waals surface area contributed by atoms with E-state index in [2.05, 4.69) is 52.4 Å². The van der Waals surface area contributed by atoms with Crippen LogP contribution in [0.5, 0.6) is 0 Å². The highest BCUT2D eigenvalue weighted by molar-refractivity contribution is 5.83. The van der Waals surface area contributed by atoms with E-state index in [1.807, 2.05) is 0 Å². The number of nitrogens with zero attached hydrogens (tertiary/aromatic N) is 3. The molecule has 0 bridgehead atoms. The molecule has 1 aromatic carbocycles. The molecule has 3 aromatic rings. The molecule has 5 rings (SSSR count). The van der Waals surface area contributed by atoms with E-state index in [4.69, 9.17) is 4.98 Å². The van der Waals surface area contributed by atoms with Crippen molar-refractivity contribution in [3.63, 3.8) is 0 Å². The van der Waals surface area contributed by atoms with Gasteiger partial charge in [-0.25, -0.2) is 9.97 Å². The predicted octanol–water partition coefficient (Wildman–Crippen LogP) is 3.78. The first kappa shape index (κ1) is 15.1. The highest BCUT2D eigenvalue weighted by atomic mass is 15.1. The molecule has 25 heavy (non-hydrogen) atoms. The third-order valence-electron chi connectivity index (χ3n) is 5.56. The van der Waals surface area contributed by atoms with Gasteiger partial charge < -0.3 is 4.98 Å². The summed E-state index contributed by atoms with van der Waals surface area (Å²) >= 11 is 0.